The van der Waals surface area contributed by atoms with Crippen LogP contribution in [0.4, 0.5) is 0 Å². The molecule has 158 valence electrons. The number of nitrogens with zero attached hydrogens (tertiary/aromatic N) is 4. The molecule has 0 saturated carbocycles. The predicted molar refractivity (Wildman–Crippen MR) is 116 cm³/mol. The highest BCUT2D eigenvalue weighted by Crippen LogP contribution is 2.19. The number of benzene rings is 1. The topological polar surface area (TPSA) is 81.9 Å². The van der Waals surface area contributed by atoms with Crippen LogP contribution in [-0.2, 0) is 12.8 Å². The van der Waals surface area contributed by atoms with Gasteiger partial charge >= 0.3 is 0 Å². The van der Waals surface area contributed by atoms with Crippen LogP contribution in [0, 0.1) is 5.92 Å². The average molecular weight is 408 g/mol. The zero-order chi connectivity index (χ0) is 21.7. The zero-order valence-corrected chi connectivity index (χ0v) is 18.2. The first-order valence-corrected chi connectivity index (χ1v) is 10.3. The van der Waals surface area contributed by atoms with Crippen LogP contribution in [0.2, 0.25) is 0 Å². The van der Waals surface area contributed by atoms with Crippen LogP contribution >= 0.6 is 0 Å². The van der Waals surface area contributed by atoms with Gasteiger partial charge < -0.3 is 10.1 Å². The fraction of sp³-hybridized carbons (Fsp3) is 0.391. The summed E-state index contributed by atoms with van der Waals surface area (Å²) in [6.07, 6.45) is 3.27. The fourth-order valence-corrected chi connectivity index (χ4v) is 3.41. The Morgan fingerprint density at radius 1 is 1.10 bits per heavy atom. The molecule has 3 aromatic rings. The number of carbonyl (C=O) groups is 1. The lowest BCUT2D eigenvalue weighted by molar-refractivity contribution is 0.0939. The summed E-state index contributed by atoms with van der Waals surface area (Å²) < 4.78 is 6.70. The summed E-state index contributed by atoms with van der Waals surface area (Å²) in [5, 5.41) is 15.6. The number of rotatable bonds is 8. The second kappa shape index (κ2) is 9.52. The molecule has 0 radical (unpaired) electrons. The van der Waals surface area contributed by atoms with Crippen LogP contribution in [0.5, 0.6) is 5.88 Å². The third-order valence-corrected chi connectivity index (χ3v) is 4.97. The number of amides is 1. The van der Waals surface area contributed by atoms with Crippen molar-refractivity contribution in [1.29, 1.82) is 0 Å². The van der Waals surface area contributed by atoms with E-state index in [9.17, 15) is 4.79 Å². The molecule has 1 unspecified atom stereocenters. The Kier molecular flexibility index (Phi) is 6.82. The number of methoxy groups -OCH3 is 1. The van der Waals surface area contributed by atoms with E-state index < -0.39 is 0 Å². The Morgan fingerprint density at radius 3 is 2.40 bits per heavy atom. The van der Waals surface area contributed by atoms with Gasteiger partial charge in [0.15, 0.2) is 5.82 Å². The van der Waals surface area contributed by atoms with E-state index in [4.69, 9.17) is 4.74 Å². The number of ether oxygens (including phenoxy) is 1. The van der Waals surface area contributed by atoms with E-state index in [-0.39, 0.29) is 11.9 Å². The van der Waals surface area contributed by atoms with Crippen molar-refractivity contribution in [3.8, 4) is 11.7 Å². The summed E-state index contributed by atoms with van der Waals surface area (Å²) >= 11 is 0. The third-order valence-electron chi connectivity index (χ3n) is 4.97. The maximum absolute atomic E-state index is 12.9. The van der Waals surface area contributed by atoms with Gasteiger partial charge in [-0.2, -0.15) is 5.10 Å². The molecule has 0 aliphatic rings. The summed E-state index contributed by atoms with van der Waals surface area (Å²) in [6, 6.07) is 11.8. The molecule has 1 aromatic carbocycles. The molecular weight excluding hydrogens is 378 g/mol. The number of nitrogens with one attached hydrogen (secondary N) is 1. The Hall–Kier alpha value is -3.22. The Morgan fingerprint density at radius 2 is 1.83 bits per heavy atom. The van der Waals surface area contributed by atoms with Crippen LogP contribution in [0.25, 0.3) is 5.82 Å². The number of aromatic nitrogens is 4. The van der Waals surface area contributed by atoms with E-state index in [2.05, 4.69) is 58.7 Å². The second-order valence-corrected chi connectivity index (χ2v) is 7.74. The quantitative estimate of drug-likeness (QED) is 0.612. The highest BCUT2D eigenvalue weighted by atomic mass is 16.5. The van der Waals surface area contributed by atoms with Gasteiger partial charge in [0.2, 0.25) is 5.88 Å². The minimum atomic E-state index is -0.154. The van der Waals surface area contributed by atoms with Gasteiger partial charge in [0, 0.05) is 6.07 Å². The summed E-state index contributed by atoms with van der Waals surface area (Å²) in [7, 11) is 1.54. The van der Waals surface area contributed by atoms with Crippen LogP contribution in [-0.4, -0.2) is 33.0 Å². The van der Waals surface area contributed by atoms with Gasteiger partial charge in [-0.3, -0.25) is 4.79 Å². The molecule has 1 N–H and O–H groups in total. The Balaban J connectivity index is 1.75. The molecule has 1 amide bonds. The Labute approximate surface area is 177 Å². The molecule has 0 saturated heterocycles. The van der Waals surface area contributed by atoms with Gasteiger partial charge in [-0.25, -0.2) is 4.68 Å². The molecule has 7 heteroatoms. The van der Waals surface area contributed by atoms with Gasteiger partial charge in [0.1, 0.15) is 0 Å². The molecule has 7 nitrogen and oxygen atoms in total. The summed E-state index contributed by atoms with van der Waals surface area (Å²) in [6.45, 7) is 8.39. The smallest absolute Gasteiger partial charge is 0.255 e. The molecule has 3 rings (SSSR count). The molecule has 0 fully saturated rings. The number of hydrogen-bond donors (Lipinski definition) is 1. The molecule has 30 heavy (non-hydrogen) atoms. The molecule has 0 aliphatic heterocycles. The third kappa shape index (κ3) is 4.84. The lowest BCUT2D eigenvalue weighted by Gasteiger charge is -2.15. The van der Waals surface area contributed by atoms with Crippen LogP contribution in [0.3, 0.4) is 0 Å². The maximum atomic E-state index is 12.9. The molecule has 2 heterocycles. The largest absolute Gasteiger partial charge is 0.480 e. The monoisotopic (exact) mass is 407 g/mol. The van der Waals surface area contributed by atoms with Crippen molar-refractivity contribution in [2.45, 2.75) is 46.6 Å². The Bertz CT molecular complexity index is 978. The molecular formula is C23H29N5O2. The van der Waals surface area contributed by atoms with Gasteiger partial charge in [0.25, 0.3) is 5.91 Å². The van der Waals surface area contributed by atoms with Crippen LogP contribution < -0.4 is 10.1 Å². The summed E-state index contributed by atoms with van der Waals surface area (Å²) in [5.74, 6) is 1.43. The van der Waals surface area contributed by atoms with Crippen molar-refractivity contribution in [1.82, 2.24) is 25.3 Å². The highest BCUT2D eigenvalue weighted by Gasteiger charge is 2.20. The predicted octanol–water partition coefficient (Wildman–Crippen LogP) is 3.92. The SMILES string of the molecule is CCc1c(C(=O)NC(C)c2ccc(CC(C)C)cc2)cnn1-c1ccc(OC)nn1. The highest BCUT2D eigenvalue weighted by molar-refractivity contribution is 5.95. The van der Waals surface area contributed by atoms with Crippen molar-refractivity contribution in [2.24, 2.45) is 5.92 Å². The first kappa shape index (κ1) is 21.5. The van der Waals surface area contributed by atoms with E-state index in [1.807, 2.05) is 13.8 Å². The number of carbonyl (C=O) groups excluding carboxylic acids is 1. The van der Waals surface area contributed by atoms with Crippen molar-refractivity contribution in [3.63, 3.8) is 0 Å². The lowest BCUT2D eigenvalue weighted by atomic mass is 10.00. The van der Waals surface area contributed by atoms with Gasteiger partial charge in [-0.05, 0) is 42.9 Å². The second-order valence-electron chi connectivity index (χ2n) is 7.74. The van der Waals surface area contributed by atoms with Gasteiger partial charge in [0.05, 0.1) is 30.6 Å². The zero-order valence-electron chi connectivity index (χ0n) is 18.2. The van der Waals surface area contributed by atoms with Crippen molar-refractivity contribution in [2.75, 3.05) is 7.11 Å². The minimum absolute atomic E-state index is 0.112. The summed E-state index contributed by atoms with van der Waals surface area (Å²) in [5.41, 5.74) is 3.70. The molecule has 0 aliphatic carbocycles. The van der Waals surface area contributed by atoms with Gasteiger partial charge in [-0.1, -0.05) is 45.0 Å². The fourth-order valence-electron chi connectivity index (χ4n) is 3.41. The number of hydrogen-bond acceptors (Lipinski definition) is 5. The van der Waals surface area contributed by atoms with E-state index in [0.29, 0.717) is 29.6 Å². The van der Waals surface area contributed by atoms with Crippen LogP contribution in [0.15, 0.2) is 42.6 Å². The van der Waals surface area contributed by atoms with Gasteiger partial charge in [-0.15, -0.1) is 10.2 Å². The normalized spacial score (nSPS) is 12.1. The first-order valence-electron chi connectivity index (χ1n) is 10.3. The van der Waals surface area contributed by atoms with E-state index in [1.165, 1.54) is 12.7 Å². The summed E-state index contributed by atoms with van der Waals surface area (Å²) in [4.78, 5) is 12.9. The van der Waals surface area contributed by atoms with E-state index in [0.717, 1.165) is 17.7 Å². The molecule has 0 spiro atoms. The van der Waals surface area contributed by atoms with E-state index >= 15 is 0 Å². The van der Waals surface area contributed by atoms with Crippen molar-refractivity contribution < 1.29 is 9.53 Å². The van der Waals surface area contributed by atoms with E-state index in [1.54, 1.807) is 23.0 Å². The molecule has 2 aromatic heterocycles. The molecule has 0 bridgehead atoms. The lowest BCUT2D eigenvalue weighted by Crippen LogP contribution is -2.27. The maximum Gasteiger partial charge on any atom is 0.255 e. The van der Waals surface area contributed by atoms with Crippen LogP contribution in [0.1, 0.15) is 60.9 Å². The molecule has 1 atom stereocenters. The first-order chi connectivity index (χ1) is 14.4. The minimum Gasteiger partial charge on any atom is -0.480 e. The standard InChI is InChI=1S/C23H29N5O2/c1-6-20-19(14-24-28(20)21-11-12-22(30-5)27-26-21)23(29)25-16(4)18-9-7-17(8-10-18)13-15(2)3/h7-12,14-16H,6,13H2,1-5H3,(H,25,29). The average Bonchev–Trinajstić information content (AvgIpc) is 3.18. The van der Waals surface area contributed by atoms with Crippen molar-refractivity contribution in [3.05, 3.63) is 65.0 Å². The van der Waals surface area contributed by atoms with Crippen molar-refractivity contribution >= 4 is 5.91 Å².